The number of hydrogen-bond acceptors (Lipinski definition) is 6. The van der Waals surface area contributed by atoms with Gasteiger partial charge in [-0.2, -0.15) is 15.4 Å². The van der Waals surface area contributed by atoms with Crippen LogP contribution in [0.3, 0.4) is 0 Å². The topological polar surface area (TPSA) is 86.1 Å². The molecule has 0 saturated heterocycles. The second-order valence-corrected chi connectivity index (χ2v) is 8.17. The van der Waals surface area contributed by atoms with E-state index in [0.717, 1.165) is 37.1 Å². The summed E-state index contributed by atoms with van der Waals surface area (Å²) in [6, 6.07) is 11.6. The lowest BCUT2D eigenvalue weighted by molar-refractivity contribution is -0.274. The van der Waals surface area contributed by atoms with Gasteiger partial charge >= 0.3 is 6.36 Å². The highest BCUT2D eigenvalue weighted by Crippen LogP contribution is 2.24. The zero-order valence-electron chi connectivity index (χ0n) is 19.6. The smallest absolute Gasteiger partial charge is 0.487 e. The zero-order chi connectivity index (χ0) is 25.4. The predicted molar refractivity (Wildman–Crippen MR) is 127 cm³/mol. The molecule has 2 heterocycles. The van der Waals surface area contributed by atoms with Crippen LogP contribution in [0.15, 0.2) is 59.3 Å². The van der Waals surface area contributed by atoms with Crippen molar-refractivity contribution in [3.63, 3.8) is 0 Å². The number of ether oxygens (including phenoxy) is 2. The van der Waals surface area contributed by atoms with Crippen molar-refractivity contribution < 1.29 is 27.1 Å². The lowest BCUT2D eigenvalue weighted by Gasteiger charge is -2.09. The molecule has 0 unspecified atom stereocenters. The summed E-state index contributed by atoms with van der Waals surface area (Å²) in [5.74, 6) is 0.836. The van der Waals surface area contributed by atoms with Crippen LogP contribution in [0.5, 0.6) is 11.5 Å². The molecule has 0 radical (unpaired) electrons. The van der Waals surface area contributed by atoms with Gasteiger partial charge < -0.3 is 13.9 Å². The maximum Gasteiger partial charge on any atom is 0.573 e. The number of nitrogens with one attached hydrogen (secondary N) is 1. The summed E-state index contributed by atoms with van der Waals surface area (Å²) in [4.78, 5) is 4.35. The average Bonchev–Trinajstić information content (AvgIpc) is 3.52. The van der Waals surface area contributed by atoms with Crippen molar-refractivity contribution >= 4 is 12.2 Å². The van der Waals surface area contributed by atoms with Gasteiger partial charge in [0.2, 0.25) is 5.89 Å². The highest BCUT2D eigenvalue weighted by atomic mass is 19.4. The Labute approximate surface area is 206 Å². The molecule has 2 aromatic carbocycles. The minimum absolute atomic E-state index is 0.247. The molecule has 0 saturated carbocycles. The summed E-state index contributed by atoms with van der Waals surface area (Å²) in [5, 5.41) is 10.5. The van der Waals surface area contributed by atoms with Crippen LogP contribution in [0, 0.1) is 6.92 Å². The summed E-state index contributed by atoms with van der Waals surface area (Å²) in [6.07, 6.45) is 5.87. The molecule has 0 fully saturated rings. The van der Waals surface area contributed by atoms with E-state index >= 15 is 0 Å². The Kier molecular flexibility index (Phi) is 8.04. The van der Waals surface area contributed by atoms with E-state index in [1.807, 2.05) is 12.1 Å². The molecule has 36 heavy (non-hydrogen) atoms. The molecule has 7 nitrogen and oxygen atoms in total. The normalized spacial score (nSPS) is 11.8. The molecule has 0 spiro atoms. The first-order chi connectivity index (χ1) is 17.3. The monoisotopic (exact) mass is 498 g/mol. The molecule has 0 atom stereocenters. The van der Waals surface area contributed by atoms with Crippen molar-refractivity contribution in [1.82, 2.24) is 20.4 Å². The Balaban J connectivity index is 1.23. The molecule has 0 amide bonds. The minimum atomic E-state index is -4.71. The molecule has 0 bridgehead atoms. The maximum atomic E-state index is 12.2. The number of aryl methyl sites for hydroxylation is 3. The summed E-state index contributed by atoms with van der Waals surface area (Å²) >= 11 is 0. The molecular weight excluding hydrogens is 473 g/mol. The van der Waals surface area contributed by atoms with E-state index in [0.29, 0.717) is 17.1 Å². The summed E-state index contributed by atoms with van der Waals surface area (Å²) in [5.41, 5.74) is 4.74. The van der Waals surface area contributed by atoms with Gasteiger partial charge in [0.15, 0.2) is 0 Å². The van der Waals surface area contributed by atoms with Gasteiger partial charge in [0, 0.05) is 6.08 Å². The lowest BCUT2D eigenvalue weighted by atomic mass is 10.0. The summed E-state index contributed by atoms with van der Waals surface area (Å²) in [7, 11) is 0. The second-order valence-electron chi connectivity index (χ2n) is 8.17. The third kappa shape index (κ3) is 7.72. The summed E-state index contributed by atoms with van der Waals surface area (Å²) in [6.45, 7) is 2.32. The van der Waals surface area contributed by atoms with Crippen molar-refractivity contribution in [2.45, 2.75) is 45.6 Å². The van der Waals surface area contributed by atoms with Crippen LogP contribution in [-0.4, -0.2) is 26.8 Å². The Morgan fingerprint density at radius 1 is 0.972 bits per heavy atom. The predicted octanol–water partition coefficient (Wildman–Crippen LogP) is 6.31. The van der Waals surface area contributed by atoms with E-state index in [2.05, 4.69) is 38.1 Å². The van der Waals surface area contributed by atoms with Crippen LogP contribution in [0.2, 0.25) is 0 Å². The van der Waals surface area contributed by atoms with Gasteiger partial charge in [0.05, 0.1) is 11.9 Å². The van der Waals surface area contributed by atoms with Gasteiger partial charge in [-0.3, -0.25) is 0 Å². The third-order valence-corrected chi connectivity index (χ3v) is 5.40. The first kappa shape index (κ1) is 25.0. The highest BCUT2D eigenvalue weighted by molar-refractivity contribution is 5.66. The molecule has 1 N–H and O–H groups in total. The van der Waals surface area contributed by atoms with Gasteiger partial charge in [-0.05, 0) is 79.6 Å². The number of oxazole rings is 1. The molecule has 0 aliphatic heterocycles. The Morgan fingerprint density at radius 2 is 1.75 bits per heavy atom. The van der Waals surface area contributed by atoms with Crippen molar-refractivity contribution in [1.29, 1.82) is 0 Å². The van der Waals surface area contributed by atoms with Crippen LogP contribution >= 0.6 is 0 Å². The Morgan fingerprint density at radius 3 is 2.47 bits per heavy atom. The first-order valence-electron chi connectivity index (χ1n) is 11.4. The number of aromatic nitrogens is 4. The van der Waals surface area contributed by atoms with Crippen molar-refractivity contribution in [3.05, 3.63) is 88.9 Å². The number of benzene rings is 2. The van der Waals surface area contributed by atoms with E-state index in [1.54, 1.807) is 18.3 Å². The number of rotatable bonds is 11. The van der Waals surface area contributed by atoms with Crippen molar-refractivity contribution in [2.24, 2.45) is 0 Å². The molecule has 4 rings (SSSR count). The molecular formula is C26H25F3N4O3. The number of nitrogens with zero attached hydrogens (tertiary/aromatic N) is 3. The van der Waals surface area contributed by atoms with Crippen LogP contribution in [0.25, 0.3) is 12.2 Å². The number of alkyl halides is 3. The van der Waals surface area contributed by atoms with Gasteiger partial charge in [-0.25, -0.2) is 4.98 Å². The summed E-state index contributed by atoms with van der Waals surface area (Å²) < 4.78 is 51.9. The van der Waals surface area contributed by atoms with Crippen LogP contribution in [-0.2, 0) is 19.4 Å². The van der Waals surface area contributed by atoms with E-state index in [4.69, 9.17) is 9.15 Å². The molecule has 0 aliphatic carbocycles. The quantitative estimate of drug-likeness (QED) is 0.244. The van der Waals surface area contributed by atoms with Gasteiger partial charge in [-0.1, -0.05) is 18.2 Å². The van der Waals surface area contributed by atoms with Gasteiger partial charge in [-0.15, -0.1) is 13.2 Å². The van der Waals surface area contributed by atoms with E-state index < -0.39 is 6.36 Å². The molecule has 2 aromatic heterocycles. The number of aromatic amines is 1. The fraction of sp³-hybridized carbons (Fsp3) is 0.269. The van der Waals surface area contributed by atoms with E-state index in [9.17, 15) is 13.2 Å². The molecule has 10 heteroatoms. The fourth-order valence-corrected chi connectivity index (χ4v) is 3.58. The first-order valence-corrected chi connectivity index (χ1v) is 11.4. The number of unbranched alkanes of at least 4 members (excludes halogenated alkanes) is 1. The van der Waals surface area contributed by atoms with Crippen LogP contribution in [0.4, 0.5) is 13.2 Å². The SMILES string of the molecule is Cc1cc(OCc2coc(/C=C/c3ccc(OC(F)(F)F)cc3)n2)ccc1CCCCc1cn[nH]n1. The van der Waals surface area contributed by atoms with Crippen molar-refractivity contribution in [2.75, 3.05) is 0 Å². The average molecular weight is 499 g/mol. The molecule has 188 valence electrons. The largest absolute Gasteiger partial charge is 0.573 e. The fourth-order valence-electron chi connectivity index (χ4n) is 3.58. The number of halogens is 3. The van der Waals surface area contributed by atoms with Crippen molar-refractivity contribution in [3.8, 4) is 11.5 Å². The molecule has 0 aliphatic rings. The standard InChI is InChI=1S/C26H25F3N4O3/c1-18-14-24(12-9-20(18)4-2-3-5-21-15-30-33-32-21)34-16-22-17-35-25(31-22)13-8-19-6-10-23(11-7-19)36-26(27,28)29/h6-15,17H,2-5,16H2,1H3,(H,30,32,33)/b13-8+. The Bertz CT molecular complexity index is 1270. The third-order valence-electron chi connectivity index (χ3n) is 5.40. The van der Waals surface area contributed by atoms with Crippen LogP contribution in [0.1, 0.15) is 46.8 Å². The maximum absolute atomic E-state index is 12.2. The highest BCUT2D eigenvalue weighted by Gasteiger charge is 2.30. The Hall–Kier alpha value is -4.08. The van der Waals surface area contributed by atoms with Crippen LogP contribution < -0.4 is 9.47 Å². The number of H-pyrrole nitrogens is 1. The zero-order valence-corrected chi connectivity index (χ0v) is 19.6. The second kappa shape index (κ2) is 11.6. The van der Waals surface area contributed by atoms with E-state index in [1.165, 1.54) is 41.7 Å². The molecule has 4 aromatic rings. The lowest BCUT2D eigenvalue weighted by Crippen LogP contribution is -2.16. The van der Waals surface area contributed by atoms with E-state index in [-0.39, 0.29) is 12.4 Å². The van der Waals surface area contributed by atoms with Gasteiger partial charge in [0.1, 0.15) is 30.1 Å². The van der Waals surface area contributed by atoms with Gasteiger partial charge in [0.25, 0.3) is 0 Å². The number of hydrogen-bond donors (Lipinski definition) is 1. The minimum Gasteiger partial charge on any atom is -0.487 e.